The van der Waals surface area contributed by atoms with Crippen LogP contribution in [0.3, 0.4) is 0 Å². The molecule has 0 aromatic carbocycles. The summed E-state index contributed by atoms with van der Waals surface area (Å²) < 4.78 is 5.52. The number of ether oxygens (including phenoxy) is 1. The smallest absolute Gasteiger partial charge is 0.112 e. The number of nitrogens with zero attached hydrogens (tertiary/aromatic N) is 1. The topological polar surface area (TPSA) is 36.3 Å². The third kappa shape index (κ3) is 1.58. The van der Waals surface area contributed by atoms with E-state index in [0.29, 0.717) is 5.25 Å². The fraction of sp³-hybridized carbons (Fsp3) is 0.909. The van der Waals surface area contributed by atoms with E-state index in [4.69, 9.17) is 10.1 Å². The van der Waals surface area contributed by atoms with E-state index in [-0.39, 0.29) is 10.3 Å². The van der Waals surface area contributed by atoms with Crippen molar-refractivity contribution in [2.45, 2.75) is 42.7 Å². The summed E-state index contributed by atoms with van der Waals surface area (Å²) in [5.74, 6) is 0.719. The van der Waals surface area contributed by atoms with Crippen molar-refractivity contribution in [3.05, 3.63) is 0 Å². The summed E-state index contributed by atoms with van der Waals surface area (Å²) in [5, 5.41) is 8.78. The molecule has 2 heterocycles. The number of thioether (sulfide) groups is 1. The van der Waals surface area contributed by atoms with Crippen molar-refractivity contribution in [1.82, 2.24) is 4.90 Å². The fourth-order valence-corrected chi connectivity index (χ4v) is 4.10. The maximum absolute atomic E-state index is 8.20. The minimum absolute atomic E-state index is 0.00944. The first-order chi connectivity index (χ1) is 6.88. The Labute approximate surface area is 96.1 Å². The van der Waals surface area contributed by atoms with Crippen molar-refractivity contribution in [1.29, 1.82) is 5.41 Å². The van der Waals surface area contributed by atoms with Crippen molar-refractivity contribution in [2.75, 3.05) is 20.3 Å². The molecule has 2 saturated heterocycles. The molecule has 0 aromatic heterocycles. The van der Waals surface area contributed by atoms with Crippen LogP contribution in [0.2, 0.25) is 0 Å². The average Bonchev–Trinajstić information content (AvgIpc) is 2.17. The van der Waals surface area contributed by atoms with Gasteiger partial charge in [-0.05, 0) is 27.2 Å². The molecule has 0 amide bonds. The van der Waals surface area contributed by atoms with E-state index in [9.17, 15) is 0 Å². The van der Waals surface area contributed by atoms with Crippen molar-refractivity contribution in [3.8, 4) is 0 Å². The molecule has 1 N–H and O–H groups in total. The Bertz CT molecular complexity index is 292. The summed E-state index contributed by atoms with van der Waals surface area (Å²) in [7, 11) is 2.03. The van der Waals surface area contributed by atoms with Crippen LogP contribution >= 0.6 is 11.8 Å². The monoisotopic (exact) mass is 228 g/mol. The lowest BCUT2D eigenvalue weighted by Gasteiger charge is -2.56. The molecule has 0 spiro atoms. The van der Waals surface area contributed by atoms with Crippen LogP contribution in [0.25, 0.3) is 0 Å². The molecule has 2 aliphatic heterocycles. The van der Waals surface area contributed by atoms with Gasteiger partial charge >= 0.3 is 0 Å². The first kappa shape index (κ1) is 11.3. The van der Waals surface area contributed by atoms with Crippen LogP contribution in [0.1, 0.15) is 27.2 Å². The van der Waals surface area contributed by atoms with Crippen molar-refractivity contribution in [3.63, 3.8) is 0 Å². The molecule has 0 saturated carbocycles. The standard InChI is InChI=1S/C11H20N2OS/c1-10(2)9(12)13(4)11(3)7-14-6-5-8(11)15-10/h8,12H,5-7H2,1-4H3. The number of hydrogen-bond acceptors (Lipinski definition) is 3. The van der Waals surface area contributed by atoms with Gasteiger partial charge in [-0.15, -0.1) is 11.8 Å². The lowest BCUT2D eigenvalue weighted by atomic mass is 9.90. The summed E-state index contributed by atoms with van der Waals surface area (Å²) in [6.07, 6.45) is 1.10. The van der Waals surface area contributed by atoms with Gasteiger partial charge in [0.2, 0.25) is 0 Å². The second kappa shape index (κ2) is 3.39. The van der Waals surface area contributed by atoms with Gasteiger partial charge in [-0.2, -0.15) is 0 Å². The number of amidine groups is 1. The van der Waals surface area contributed by atoms with Crippen molar-refractivity contribution < 1.29 is 4.74 Å². The highest BCUT2D eigenvalue weighted by Crippen LogP contribution is 2.46. The van der Waals surface area contributed by atoms with Crippen LogP contribution in [0.4, 0.5) is 0 Å². The lowest BCUT2D eigenvalue weighted by Crippen LogP contribution is -2.66. The van der Waals surface area contributed by atoms with Gasteiger partial charge in [0.1, 0.15) is 5.84 Å². The molecule has 2 aliphatic rings. The molecule has 0 radical (unpaired) electrons. The molecule has 3 nitrogen and oxygen atoms in total. The molecule has 2 atom stereocenters. The van der Waals surface area contributed by atoms with Crippen LogP contribution in [-0.2, 0) is 4.74 Å². The van der Waals surface area contributed by atoms with Crippen LogP contribution in [0.15, 0.2) is 0 Å². The summed E-state index contributed by atoms with van der Waals surface area (Å²) in [4.78, 5) is 2.12. The Morgan fingerprint density at radius 2 is 2.13 bits per heavy atom. The third-order valence-corrected chi connectivity index (χ3v) is 5.53. The van der Waals surface area contributed by atoms with Crippen molar-refractivity contribution >= 4 is 17.6 Å². The van der Waals surface area contributed by atoms with Crippen LogP contribution < -0.4 is 0 Å². The van der Waals surface area contributed by atoms with Gasteiger partial charge in [0, 0.05) is 18.9 Å². The largest absolute Gasteiger partial charge is 0.379 e. The summed E-state index contributed by atoms with van der Waals surface area (Å²) in [6, 6.07) is 0. The van der Waals surface area contributed by atoms with Crippen LogP contribution in [0.5, 0.6) is 0 Å². The third-order valence-electron chi connectivity index (χ3n) is 3.72. The molecule has 4 heteroatoms. The molecule has 0 bridgehead atoms. The van der Waals surface area contributed by atoms with E-state index >= 15 is 0 Å². The maximum atomic E-state index is 8.20. The fourth-order valence-electron chi connectivity index (χ4n) is 2.44. The number of fused-ring (bicyclic) bond motifs is 1. The predicted octanol–water partition coefficient (Wildman–Crippen LogP) is 1.97. The minimum atomic E-state index is -0.0593. The number of likely N-dealkylation sites (N-methyl/N-ethyl adjacent to an activating group) is 1. The Hall–Kier alpha value is -0.220. The molecule has 2 fully saturated rings. The first-order valence-corrected chi connectivity index (χ1v) is 6.34. The maximum Gasteiger partial charge on any atom is 0.112 e. The average molecular weight is 228 g/mol. The predicted molar refractivity (Wildman–Crippen MR) is 64.8 cm³/mol. The summed E-state index contributed by atoms with van der Waals surface area (Å²) in [5.41, 5.74) is 0.00944. The van der Waals surface area contributed by atoms with Crippen LogP contribution in [0, 0.1) is 5.41 Å². The van der Waals surface area contributed by atoms with Gasteiger partial charge in [-0.3, -0.25) is 5.41 Å². The van der Waals surface area contributed by atoms with E-state index in [1.807, 2.05) is 18.8 Å². The molecule has 15 heavy (non-hydrogen) atoms. The highest BCUT2D eigenvalue weighted by Gasteiger charge is 2.51. The Kier molecular flexibility index (Phi) is 2.54. The first-order valence-electron chi connectivity index (χ1n) is 5.46. The zero-order valence-electron chi connectivity index (χ0n) is 9.96. The zero-order chi connectivity index (χ0) is 11.3. The Balaban J connectivity index is 2.31. The highest BCUT2D eigenvalue weighted by atomic mass is 32.2. The van der Waals surface area contributed by atoms with Gasteiger partial charge < -0.3 is 9.64 Å². The van der Waals surface area contributed by atoms with E-state index in [1.165, 1.54) is 0 Å². The lowest BCUT2D eigenvalue weighted by molar-refractivity contribution is -0.00252. The summed E-state index contributed by atoms with van der Waals surface area (Å²) in [6.45, 7) is 8.12. The van der Waals surface area contributed by atoms with Crippen LogP contribution in [-0.4, -0.2) is 46.5 Å². The second-order valence-electron chi connectivity index (χ2n) is 5.22. The van der Waals surface area contributed by atoms with Gasteiger partial charge in [-0.1, -0.05) is 0 Å². The summed E-state index contributed by atoms with van der Waals surface area (Å²) >= 11 is 1.94. The van der Waals surface area contributed by atoms with Gasteiger partial charge in [0.15, 0.2) is 0 Å². The SMILES string of the molecule is CN1C(=N)C(C)(C)SC2CCOCC21C. The molecule has 0 aliphatic carbocycles. The minimum Gasteiger partial charge on any atom is -0.379 e. The quantitative estimate of drug-likeness (QED) is 0.688. The van der Waals surface area contributed by atoms with E-state index in [1.54, 1.807) is 0 Å². The molecular weight excluding hydrogens is 208 g/mol. The molecule has 86 valence electrons. The molecule has 2 rings (SSSR count). The van der Waals surface area contributed by atoms with E-state index in [2.05, 4.69) is 25.7 Å². The Morgan fingerprint density at radius 3 is 2.80 bits per heavy atom. The molecule has 2 unspecified atom stereocenters. The molecular formula is C11H20N2OS. The normalized spacial score (nSPS) is 40.1. The van der Waals surface area contributed by atoms with Gasteiger partial charge in [0.05, 0.1) is 16.9 Å². The second-order valence-corrected chi connectivity index (χ2v) is 7.05. The van der Waals surface area contributed by atoms with Gasteiger partial charge in [-0.25, -0.2) is 0 Å². The number of nitrogens with one attached hydrogen (secondary N) is 1. The van der Waals surface area contributed by atoms with Gasteiger partial charge in [0.25, 0.3) is 0 Å². The number of hydrogen-bond donors (Lipinski definition) is 1. The van der Waals surface area contributed by atoms with Crippen molar-refractivity contribution in [2.24, 2.45) is 0 Å². The number of rotatable bonds is 0. The Morgan fingerprint density at radius 1 is 1.47 bits per heavy atom. The highest BCUT2D eigenvalue weighted by molar-refractivity contribution is 8.02. The molecule has 0 aromatic rings. The van der Waals surface area contributed by atoms with E-state index in [0.717, 1.165) is 25.5 Å². The van der Waals surface area contributed by atoms with E-state index < -0.39 is 0 Å². The zero-order valence-corrected chi connectivity index (χ0v) is 10.8.